The number of amides is 1. The van der Waals surface area contributed by atoms with Gasteiger partial charge in [-0.25, -0.2) is 0 Å². The lowest BCUT2D eigenvalue weighted by Gasteiger charge is -2.39. The molecule has 2 rings (SSSR count). The predicted octanol–water partition coefficient (Wildman–Crippen LogP) is 1.73. The first-order valence-corrected chi connectivity index (χ1v) is 8.12. The number of carbonyl (C=O) groups excluding carboxylic acids is 1. The normalized spacial score (nSPS) is 21.7. The van der Waals surface area contributed by atoms with Gasteiger partial charge in [-0.15, -0.1) is 11.3 Å². The molecule has 1 N–H and O–H groups in total. The van der Waals surface area contributed by atoms with Crippen molar-refractivity contribution in [2.75, 3.05) is 33.7 Å². The highest BCUT2D eigenvalue weighted by Gasteiger charge is 2.33. The second-order valence-corrected chi connectivity index (χ2v) is 6.72. The summed E-state index contributed by atoms with van der Waals surface area (Å²) in [6.07, 6.45) is 1.08. The van der Waals surface area contributed by atoms with Crippen molar-refractivity contribution in [1.82, 2.24) is 15.1 Å². The highest BCUT2D eigenvalue weighted by molar-refractivity contribution is 7.12. The van der Waals surface area contributed by atoms with Crippen LogP contribution in [0, 0.1) is 0 Å². The van der Waals surface area contributed by atoms with Gasteiger partial charge in [0.25, 0.3) is 0 Å². The molecule has 0 spiro atoms. The SMILES string of the molecule is CCc1ccc(C(C)N2CCNCC2C(=O)N(C)C)s1. The van der Waals surface area contributed by atoms with E-state index in [9.17, 15) is 4.79 Å². The molecule has 0 aromatic carbocycles. The third kappa shape index (κ3) is 3.22. The molecule has 2 unspecified atom stereocenters. The summed E-state index contributed by atoms with van der Waals surface area (Å²) in [4.78, 5) is 19.2. The van der Waals surface area contributed by atoms with E-state index in [0.717, 1.165) is 26.1 Å². The molecule has 0 aliphatic carbocycles. The molecule has 1 saturated heterocycles. The molecule has 0 radical (unpaired) electrons. The number of nitrogens with one attached hydrogen (secondary N) is 1. The van der Waals surface area contributed by atoms with Crippen LogP contribution in [0.4, 0.5) is 0 Å². The highest BCUT2D eigenvalue weighted by Crippen LogP contribution is 2.30. The van der Waals surface area contributed by atoms with Gasteiger partial charge in [0.05, 0.1) is 0 Å². The first-order chi connectivity index (χ1) is 9.54. The van der Waals surface area contributed by atoms with Gasteiger partial charge in [-0.2, -0.15) is 0 Å². The van der Waals surface area contributed by atoms with Gasteiger partial charge in [0.15, 0.2) is 0 Å². The van der Waals surface area contributed by atoms with Crippen LogP contribution in [0.3, 0.4) is 0 Å². The maximum absolute atomic E-state index is 12.4. The molecular weight excluding hydrogens is 270 g/mol. The fourth-order valence-electron chi connectivity index (χ4n) is 2.68. The Bertz CT molecular complexity index is 458. The summed E-state index contributed by atoms with van der Waals surface area (Å²) in [5, 5.41) is 3.34. The number of aryl methyl sites for hydroxylation is 1. The molecule has 1 fully saturated rings. The molecule has 5 heteroatoms. The summed E-state index contributed by atoms with van der Waals surface area (Å²) in [5.74, 6) is 0.191. The molecule has 2 atom stereocenters. The molecule has 1 aromatic heterocycles. The average Bonchev–Trinajstić information content (AvgIpc) is 2.94. The van der Waals surface area contributed by atoms with E-state index in [1.54, 1.807) is 4.90 Å². The Kier molecular flexibility index (Phi) is 5.18. The largest absolute Gasteiger partial charge is 0.347 e. The van der Waals surface area contributed by atoms with Gasteiger partial charge in [-0.05, 0) is 25.5 Å². The lowest BCUT2D eigenvalue weighted by molar-refractivity contribution is -0.136. The molecule has 2 heterocycles. The van der Waals surface area contributed by atoms with Gasteiger partial charge in [-0.1, -0.05) is 6.92 Å². The molecule has 0 saturated carbocycles. The Labute approximate surface area is 125 Å². The second-order valence-electron chi connectivity index (χ2n) is 5.52. The molecule has 112 valence electrons. The average molecular weight is 295 g/mol. The van der Waals surface area contributed by atoms with Crippen molar-refractivity contribution in [3.63, 3.8) is 0 Å². The first kappa shape index (κ1) is 15.5. The van der Waals surface area contributed by atoms with Crippen LogP contribution in [-0.4, -0.2) is 55.5 Å². The smallest absolute Gasteiger partial charge is 0.240 e. The Morgan fingerprint density at radius 3 is 2.90 bits per heavy atom. The van der Waals surface area contributed by atoms with Crippen LogP contribution in [0.25, 0.3) is 0 Å². The van der Waals surface area contributed by atoms with Crippen LogP contribution in [-0.2, 0) is 11.2 Å². The quantitative estimate of drug-likeness (QED) is 0.919. The number of hydrogen-bond donors (Lipinski definition) is 1. The van der Waals surface area contributed by atoms with Crippen LogP contribution in [0.2, 0.25) is 0 Å². The van der Waals surface area contributed by atoms with Gasteiger partial charge in [-0.3, -0.25) is 9.69 Å². The summed E-state index contributed by atoms with van der Waals surface area (Å²) < 4.78 is 0. The van der Waals surface area contributed by atoms with Crippen molar-refractivity contribution < 1.29 is 4.79 Å². The van der Waals surface area contributed by atoms with Crippen LogP contribution in [0.15, 0.2) is 12.1 Å². The topological polar surface area (TPSA) is 35.6 Å². The minimum Gasteiger partial charge on any atom is -0.347 e. The third-order valence-electron chi connectivity index (χ3n) is 3.95. The van der Waals surface area contributed by atoms with Crippen LogP contribution in [0.1, 0.15) is 29.6 Å². The van der Waals surface area contributed by atoms with Gasteiger partial charge in [0, 0.05) is 49.5 Å². The maximum atomic E-state index is 12.4. The Morgan fingerprint density at radius 2 is 2.30 bits per heavy atom. The second kappa shape index (κ2) is 6.70. The van der Waals surface area contributed by atoms with E-state index in [2.05, 4.69) is 36.2 Å². The Morgan fingerprint density at radius 1 is 1.55 bits per heavy atom. The van der Waals surface area contributed by atoms with E-state index < -0.39 is 0 Å². The molecule has 1 amide bonds. The molecule has 1 aromatic rings. The standard InChI is InChI=1S/C15H25N3OS/c1-5-12-6-7-14(20-12)11(2)18-9-8-16-10-13(18)15(19)17(3)4/h6-7,11,13,16H,5,8-10H2,1-4H3. The minimum atomic E-state index is -0.0547. The highest BCUT2D eigenvalue weighted by atomic mass is 32.1. The van der Waals surface area contributed by atoms with Crippen molar-refractivity contribution in [2.45, 2.75) is 32.4 Å². The molecule has 20 heavy (non-hydrogen) atoms. The van der Waals surface area contributed by atoms with E-state index in [1.807, 2.05) is 25.4 Å². The number of thiophene rings is 1. The number of rotatable bonds is 4. The fraction of sp³-hybridized carbons (Fsp3) is 0.667. The number of piperazine rings is 1. The zero-order chi connectivity index (χ0) is 14.7. The molecule has 1 aliphatic rings. The van der Waals surface area contributed by atoms with Crippen LogP contribution in [0.5, 0.6) is 0 Å². The van der Waals surface area contributed by atoms with Gasteiger partial charge < -0.3 is 10.2 Å². The summed E-state index contributed by atoms with van der Waals surface area (Å²) in [6, 6.07) is 4.67. The van der Waals surface area contributed by atoms with Gasteiger partial charge in [0.1, 0.15) is 6.04 Å². The Hall–Kier alpha value is -0.910. The van der Waals surface area contributed by atoms with Crippen molar-refractivity contribution in [3.8, 4) is 0 Å². The maximum Gasteiger partial charge on any atom is 0.240 e. The van der Waals surface area contributed by atoms with E-state index >= 15 is 0 Å². The number of likely N-dealkylation sites (N-methyl/N-ethyl adjacent to an activating group) is 1. The van der Waals surface area contributed by atoms with E-state index in [4.69, 9.17) is 0 Å². The molecule has 4 nitrogen and oxygen atoms in total. The lowest BCUT2D eigenvalue weighted by atomic mass is 10.1. The molecular formula is C15H25N3OS. The van der Waals surface area contributed by atoms with E-state index in [-0.39, 0.29) is 11.9 Å². The van der Waals surface area contributed by atoms with Crippen molar-refractivity contribution in [3.05, 3.63) is 21.9 Å². The summed E-state index contributed by atoms with van der Waals surface area (Å²) in [7, 11) is 3.67. The fourth-order valence-corrected chi connectivity index (χ4v) is 3.71. The van der Waals surface area contributed by atoms with Gasteiger partial charge in [0.2, 0.25) is 5.91 Å². The monoisotopic (exact) mass is 295 g/mol. The van der Waals surface area contributed by atoms with Crippen molar-refractivity contribution in [1.29, 1.82) is 0 Å². The minimum absolute atomic E-state index is 0.0547. The van der Waals surface area contributed by atoms with Crippen LogP contribution >= 0.6 is 11.3 Å². The molecule has 1 aliphatic heterocycles. The lowest BCUT2D eigenvalue weighted by Crippen LogP contribution is -2.57. The van der Waals surface area contributed by atoms with Crippen molar-refractivity contribution >= 4 is 17.2 Å². The zero-order valence-corrected chi connectivity index (χ0v) is 13.7. The molecule has 0 bridgehead atoms. The van der Waals surface area contributed by atoms with Crippen LogP contribution < -0.4 is 5.32 Å². The van der Waals surface area contributed by atoms with E-state index in [0.29, 0.717) is 6.04 Å². The van der Waals surface area contributed by atoms with Gasteiger partial charge >= 0.3 is 0 Å². The Balaban J connectivity index is 2.16. The summed E-state index contributed by atoms with van der Waals surface area (Å²) >= 11 is 1.87. The summed E-state index contributed by atoms with van der Waals surface area (Å²) in [5.41, 5.74) is 0. The number of nitrogens with zero attached hydrogens (tertiary/aromatic N) is 2. The first-order valence-electron chi connectivity index (χ1n) is 7.30. The zero-order valence-electron chi connectivity index (χ0n) is 12.8. The third-order valence-corrected chi connectivity index (χ3v) is 5.35. The number of carbonyl (C=O) groups is 1. The number of hydrogen-bond acceptors (Lipinski definition) is 4. The van der Waals surface area contributed by atoms with E-state index in [1.165, 1.54) is 9.75 Å². The predicted molar refractivity (Wildman–Crippen MR) is 84.2 cm³/mol. The van der Waals surface area contributed by atoms with Crippen molar-refractivity contribution in [2.24, 2.45) is 0 Å². The summed E-state index contributed by atoms with van der Waals surface area (Å²) in [6.45, 7) is 7.02.